The summed E-state index contributed by atoms with van der Waals surface area (Å²) in [4.78, 5) is 24.7. The van der Waals surface area contributed by atoms with Crippen molar-refractivity contribution in [2.45, 2.75) is 6.42 Å². The van der Waals surface area contributed by atoms with Gasteiger partial charge in [-0.1, -0.05) is 60.1 Å². The molecule has 0 saturated carbocycles. The molecule has 0 atom stereocenters. The molecule has 0 radical (unpaired) electrons. The summed E-state index contributed by atoms with van der Waals surface area (Å²) < 4.78 is 1.74. The van der Waals surface area contributed by atoms with Crippen LogP contribution in [0.15, 0.2) is 91.1 Å². The number of hydrogen-bond donors (Lipinski definition) is 2. The van der Waals surface area contributed by atoms with E-state index in [-0.39, 0.29) is 24.8 Å². The van der Waals surface area contributed by atoms with Crippen LogP contribution in [0.5, 0.6) is 0 Å². The van der Waals surface area contributed by atoms with Crippen LogP contribution in [0.4, 0.5) is 5.69 Å². The Bertz CT molecular complexity index is 1210. The van der Waals surface area contributed by atoms with Crippen LogP contribution in [-0.4, -0.2) is 28.1 Å². The fourth-order valence-electron chi connectivity index (χ4n) is 3.24. The van der Waals surface area contributed by atoms with Crippen LogP contribution < -0.4 is 10.6 Å². The third-order valence-electron chi connectivity index (χ3n) is 4.78. The first-order valence-electron chi connectivity index (χ1n) is 10.1. The predicted octanol–water partition coefficient (Wildman–Crippen LogP) is 4.49. The number of rotatable bonds is 7. The zero-order chi connectivity index (χ0) is 22.3. The number of amides is 2. The zero-order valence-electron chi connectivity index (χ0n) is 17.2. The fraction of sp³-hybridized carbons (Fsp3) is 0.0800. The molecule has 4 aromatic rings. The van der Waals surface area contributed by atoms with E-state index in [2.05, 4.69) is 10.6 Å². The summed E-state index contributed by atoms with van der Waals surface area (Å²) in [6.07, 6.45) is 1.92. The van der Waals surface area contributed by atoms with Crippen molar-refractivity contribution in [3.8, 4) is 16.9 Å². The third-order valence-corrected chi connectivity index (χ3v) is 5.04. The van der Waals surface area contributed by atoms with Gasteiger partial charge in [0.1, 0.15) is 0 Å². The van der Waals surface area contributed by atoms with Gasteiger partial charge in [-0.3, -0.25) is 9.59 Å². The lowest BCUT2D eigenvalue weighted by Gasteiger charge is -2.07. The predicted molar refractivity (Wildman–Crippen MR) is 126 cm³/mol. The lowest BCUT2D eigenvalue weighted by atomic mass is 10.1. The number of nitrogens with one attached hydrogen (secondary N) is 2. The number of benzene rings is 3. The Kier molecular flexibility index (Phi) is 6.63. The molecule has 7 heteroatoms. The van der Waals surface area contributed by atoms with Crippen LogP contribution in [0.3, 0.4) is 0 Å². The smallest absolute Gasteiger partial charge is 0.243 e. The maximum atomic E-state index is 12.6. The molecular weight excluding hydrogens is 424 g/mol. The van der Waals surface area contributed by atoms with E-state index < -0.39 is 0 Å². The molecule has 0 spiro atoms. The number of aromatic nitrogens is 2. The van der Waals surface area contributed by atoms with Gasteiger partial charge < -0.3 is 10.6 Å². The molecule has 0 aliphatic rings. The second kappa shape index (κ2) is 9.94. The van der Waals surface area contributed by atoms with Crippen molar-refractivity contribution < 1.29 is 9.59 Å². The minimum absolute atomic E-state index is 0.0867. The average Bonchev–Trinajstić information content (AvgIpc) is 3.23. The highest BCUT2D eigenvalue weighted by Gasteiger charge is 2.16. The molecule has 6 nitrogen and oxygen atoms in total. The van der Waals surface area contributed by atoms with Gasteiger partial charge in [0.25, 0.3) is 0 Å². The fourth-order valence-corrected chi connectivity index (χ4v) is 3.37. The minimum atomic E-state index is -0.289. The summed E-state index contributed by atoms with van der Waals surface area (Å²) in [5, 5.41) is 10.7. The largest absolute Gasteiger partial charge is 0.347 e. The first-order valence-corrected chi connectivity index (χ1v) is 10.5. The Morgan fingerprint density at radius 1 is 0.844 bits per heavy atom. The lowest BCUT2D eigenvalue weighted by molar-refractivity contribution is -0.123. The van der Waals surface area contributed by atoms with E-state index in [0.717, 1.165) is 16.8 Å². The topological polar surface area (TPSA) is 76.0 Å². The van der Waals surface area contributed by atoms with Gasteiger partial charge in [0, 0.05) is 28.0 Å². The monoisotopic (exact) mass is 444 g/mol. The van der Waals surface area contributed by atoms with Gasteiger partial charge in [0.15, 0.2) is 0 Å². The normalized spacial score (nSPS) is 10.5. The average molecular weight is 445 g/mol. The van der Waals surface area contributed by atoms with E-state index in [0.29, 0.717) is 16.4 Å². The highest BCUT2D eigenvalue weighted by molar-refractivity contribution is 6.30. The zero-order valence-corrected chi connectivity index (χ0v) is 17.9. The van der Waals surface area contributed by atoms with Crippen molar-refractivity contribution in [3.63, 3.8) is 0 Å². The molecular formula is C25H21ClN4O2. The van der Waals surface area contributed by atoms with Gasteiger partial charge in [-0.05, 0) is 36.4 Å². The van der Waals surface area contributed by atoms with Crippen molar-refractivity contribution in [2.75, 3.05) is 11.9 Å². The van der Waals surface area contributed by atoms with Crippen LogP contribution in [0, 0.1) is 0 Å². The maximum absolute atomic E-state index is 12.6. The molecule has 4 rings (SSSR count). The molecule has 1 aromatic heterocycles. The molecule has 0 fully saturated rings. The van der Waals surface area contributed by atoms with Gasteiger partial charge in [-0.2, -0.15) is 5.10 Å². The van der Waals surface area contributed by atoms with E-state index >= 15 is 0 Å². The van der Waals surface area contributed by atoms with E-state index in [1.54, 1.807) is 28.9 Å². The maximum Gasteiger partial charge on any atom is 0.243 e. The second-order valence-corrected chi connectivity index (χ2v) is 7.59. The van der Waals surface area contributed by atoms with Gasteiger partial charge in [0.05, 0.1) is 24.3 Å². The van der Waals surface area contributed by atoms with Crippen LogP contribution in [0.1, 0.15) is 5.56 Å². The van der Waals surface area contributed by atoms with Gasteiger partial charge in [-0.15, -0.1) is 0 Å². The summed E-state index contributed by atoms with van der Waals surface area (Å²) in [7, 11) is 0. The summed E-state index contributed by atoms with van der Waals surface area (Å²) in [5.41, 5.74) is 3.86. The Balaban J connectivity index is 1.49. The Morgan fingerprint density at radius 2 is 1.50 bits per heavy atom. The number of hydrogen-bond acceptors (Lipinski definition) is 3. The van der Waals surface area contributed by atoms with Gasteiger partial charge in [-0.25, -0.2) is 4.68 Å². The molecule has 0 aliphatic heterocycles. The van der Waals surface area contributed by atoms with Crippen LogP contribution in [0.25, 0.3) is 16.9 Å². The quantitative estimate of drug-likeness (QED) is 0.441. The molecule has 2 amide bonds. The SMILES string of the molecule is O=C(Cc1cn(-c2ccccc2)nc1-c1ccc(Cl)cc1)NCC(=O)Nc1ccccc1. The molecule has 160 valence electrons. The number of para-hydroxylation sites is 2. The Labute approximate surface area is 190 Å². The van der Waals surface area contributed by atoms with Gasteiger partial charge in [0.2, 0.25) is 11.8 Å². The van der Waals surface area contributed by atoms with E-state index in [4.69, 9.17) is 16.7 Å². The number of halogens is 1. The third kappa shape index (κ3) is 5.42. The van der Waals surface area contributed by atoms with Crippen molar-refractivity contribution in [1.29, 1.82) is 0 Å². The van der Waals surface area contributed by atoms with Crippen LogP contribution in [-0.2, 0) is 16.0 Å². The number of nitrogens with zero attached hydrogens (tertiary/aromatic N) is 2. The summed E-state index contributed by atoms with van der Waals surface area (Å²) in [6, 6.07) is 26.1. The highest BCUT2D eigenvalue weighted by Crippen LogP contribution is 2.25. The van der Waals surface area contributed by atoms with E-state index in [1.165, 1.54) is 0 Å². The number of carbonyl (C=O) groups excluding carboxylic acids is 2. The standard InChI is InChI=1S/C25H21ClN4O2/c26-20-13-11-18(12-14-20)25-19(17-30(29-25)22-9-5-2-6-10-22)15-23(31)27-16-24(32)28-21-7-3-1-4-8-21/h1-14,17H,15-16H2,(H,27,31)(H,28,32). The molecule has 0 unspecified atom stereocenters. The van der Waals surface area contributed by atoms with Crippen LogP contribution in [0.2, 0.25) is 5.02 Å². The Morgan fingerprint density at radius 3 is 2.19 bits per heavy atom. The molecule has 0 saturated heterocycles. The Hall–Kier alpha value is -3.90. The molecule has 32 heavy (non-hydrogen) atoms. The minimum Gasteiger partial charge on any atom is -0.347 e. The summed E-state index contributed by atoms with van der Waals surface area (Å²) in [5.74, 6) is -0.557. The summed E-state index contributed by atoms with van der Waals surface area (Å²) in [6.45, 7) is -0.114. The van der Waals surface area contributed by atoms with Crippen LogP contribution >= 0.6 is 11.6 Å². The number of carbonyl (C=O) groups is 2. The lowest BCUT2D eigenvalue weighted by Crippen LogP contribution is -2.33. The van der Waals surface area contributed by atoms with Crippen molar-refractivity contribution in [2.24, 2.45) is 0 Å². The van der Waals surface area contributed by atoms with E-state index in [1.807, 2.05) is 66.9 Å². The molecule has 1 heterocycles. The van der Waals surface area contributed by atoms with E-state index in [9.17, 15) is 9.59 Å². The highest BCUT2D eigenvalue weighted by atomic mass is 35.5. The van der Waals surface area contributed by atoms with Crippen molar-refractivity contribution in [1.82, 2.24) is 15.1 Å². The first kappa shape index (κ1) is 21.3. The molecule has 3 aromatic carbocycles. The number of anilines is 1. The molecule has 2 N–H and O–H groups in total. The second-order valence-electron chi connectivity index (χ2n) is 7.16. The molecule has 0 aliphatic carbocycles. The van der Waals surface area contributed by atoms with Crippen molar-refractivity contribution >= 4 is 29.1 Å². The van der Waals surface area contributed by atoms with Crippen molar-refractivity contribution in [3.05, 3.63) is 102 Å². The summed E-state index contributed by atoms with van der Waals surface area (Å²) >= 11 is 6.03. The molecule has 0 bridgehead atoms. The van der Waals surface area contributed by atoms with Gasteiger partial charge >= 0.3 is 0 Å². The first-order chi connectivity index (χ1) is 15.6.